The summed E-state index contributed by atoms with van der Waals surface area (Å²) in [6.07, 6.45) is 3.35. The zero-order valence-corrected chi connectivity index (χ0v) is 13.4. The SMILES string of the molecule is CN(Cc1cccc(C(N)=S)c1)c1ncncc1I. The highest BCUT2D eigenvalue weighted by atomic mass is 127. The van der Waals surface area contributed by atoms with Crippen LogP contribution in [-0.2, 0) is 6.54 Å². The molecule has 98 valence electrons. The molecule has 19 heavy (non-hydrogen) atoms. The van der Waals surface area contributed by atoms with Crippen molar-refractivity contribution in [1.82, 2.24) is 9.97 Å². The van der Waals surface area contributed by atoms with Gasteiger partial charge in [-0.05, 0) is 34.2 Å². The number of hydrogen-bond donors (Lipinski definition) is 1. The molecule has 0 radical (unpaired) electrons. The van der Waals surface area contributed by atoms with Crippen LogP contribution in [0.4, 0.5) is 5.82 Å². The Morgan fingerprint density at radius 1 is 1.47 bits per heavy atom. The van der Waals surface area contributed by atoms with E-state index in [4.69, 9.17) is 18.0 Å². The topological polar surface area (TPSA) is 55.0 Å². The van der Waals surface area contributed by atoms with Crippen molar-refractivity contribution < 1.29 is 0 Å². The molecule has 2 N–H and O–H groups in total. The predicted octanol–water partition coefficient (Wildman–Crippen LogP) is 2.35. The second-order valence-corrected chi connectivity index (χ2v) is 5.72. The Labute approximate surface area is 131 Å². The van der Waals surface area contributed by atoms with Crippen molar-refractivity contribution in [2.45, 2.75) is 6.54 Å². The molecule has 0 saturated carbocycles. The molecule has 0 bridgehead atoms. The summed E-state index contributed by atoms with van der Waals surface area (Å²) in [4.78, 5) is 10.8. The Bertz CT molecular complexity index is 603. The van der Waals surface area contributed by atoms with E-state index in [1.807, 2.05) is 31.3 Å². The third-order valence-corrected chi connectivity index (χ3v) is 3.64. The van der Waals surface area contributed by atoms with Crippen LogP contribution in [0.1, 0.15) is 11.1 Å². The first-order valence-electron chi connectivity index (χ1n) is 5.63. The standard InChI is InChI=1S/C13H13IN4S/c1-18(13-11(14)6-16-8-17-13)7-9-3-2-4-10(5-9)12(15)19/h2-6,8H,7H2,1H3,(H2,15,19). The molecular formula is C13H13IN4S. The maximum atomic E-state index is 5.64. The van der Waals surface area contributed by atoms with E-state index in [9.17, 15) is 0 Å². The summed E-state index contributed by atoms with van der Waals surface area (Å²) in [6.45, 7) is 0.740. The number of aromatic nitrogens is 2. The molecule has 6 heteroatoms. The third-order valence-electron chi connectivity index (χ3n) is 2.64. The van der Waals surface area contributed by atoms with Crippen LogP contribution in [0.2, 0.25) is 0 Å². The molecule has 2 rings (SSSR count). The molecule has 1 aromatic carbocycles. The van der Waals surface area contributed by atoms with E-state index in [0.717, 1.165) is 27.1 Å². The molecular weight excluding hydrogens is 371 g/mol. The van der Waals surface area contributed by atoms with E-state index in [1.165, 1.54) is 0 Å². The summed E-state index contributed by atoms with van der Waals surface area (Å²) in [5, 5.41) is 0. The molecule has 0 atom stereocenters. The van der Waals surface area contributed by atoms with E-state index < -0.39 is 0 Å². The molecule has 0 aliphatic heterocycles. The van der Waals surface area contributed by atoms with Crippen LogP contribution >= 0.6 is 34.8 Å². The molecule has 0 spiro atoms. The van der Waals surface area contributed by atoms with E-state index in [1.54, 1.807) is 12.5 Å². The monoisotopic (exact) mass is 384 g/mol. The first-order valence-corrected chi connectivity index (χ1v) is 7.12. The third kappa shape index (κ3) is 3.60. The summed E-state index contributed by atoms with van der Waals surface area (Å²) >= 11 is 7.22. The van der Waals surface area contributed by atoms with Gasteiger partial charge in [-0.1, -0.05) is 30.4 Å². The Kier molecular flexibility index (Phi) is 4.65. The van der Waals surface area contributed by atoms with Gasteiger partial charge in [0.15, 0.2) is 0 Å². The number of nitrogens with zero attached hydrogens (tertiary/aromatic N) is 3. The summed E-state index contributed by atoms with van der Waals surface area (Å²) in [7, 11) is 2.00. The van der Waals surface area contributed by atoms with Crippen LogP contribution in [0, 0.1) is 3.57 Å². The van der Waals surface area contributed by atoms with Gasteiger partial charge in [0.1, 0.15) is 17.1 Å². The van der Waals surface area contributed by atoms with E-state index in [-0.39, 0.29) is 0 Å². The van der Waals surface area contributed by atoms with Crippen molar-refractivity contribution in [2.24, 2.45) is 5.73 Å². The van der Waals surface area contributed by atoms with Crippen LogP contribution in [-0.4, -0.2) is 22.0 Å². The van der Waals surface area contributed by atoms with Gasteiger partial charge in [0.2, 0.25) is 0 Å². The quantitative estimate of drug-likeness (QED) is 0.648. The molecule has 4 nitrogen and oxygen atoms in total. The minimum absolute atomic E-state index is 0.418. The number of halogens is 1. The average Bonchev–Trinajstić information content (AvgIpc) is 2.39. The number of anilines is 1. The number of thiocarbonyl (C=S) groups is 1. The fourth-order valence-electron chi connectivity index (χ4n) is 1.76. The highest BCUT2D eigenvalue weighted by molar-refractivity contribution is 14.1. The molecule has 1 heterocycles. The van der Waals surface area contributed by atoms with Gasteiger partial charge in [0, 0.05) is 25.4 Å². The summed E-state index contributed by atoms with van der Waals surface area (Å²) in [6, 6.07) is 7.93. The van der Waals surface area contributed by atoms with Gasteiger partial charge < -0.3 is 10.6 Å². The average molecular weight is 384 g/mol. The van der Waals surface area contributed by atoms with Crippen molar-refractivity contribution in [3.63, 3.8) is 0 Å². The first kappa shape index (κ1) is 14.1. The number of benzene rings is 1. The van der Waals surface area contributed by atoms with Crippen molar-refractivity contribution in [3.8, 4) is 0 Å². The zero-order chi connectivity index (χ0) is 13.8. The Morgan fingerprint density at radius 2 is 2.26 bits per heavy atom. The molecule has 0 amide bonds. The predicted molar refractivity (Wildman–Crippen MR) is 89.2 cm³/mol. The fraction of sp³-hybridized carbons (Fsp3) is 0.154. The van der Waals surface area contributed by atoms with Crippen molar-refractivity contribution in [3.05, 3.63) is 51.5 Å². The molecule has 0 aliphatic rings. The minimum atomic E-state index is 0.418. The smallest absolute Gasteiger partial charge is 0.145 e. The zero-order valence-electron chi connectivity index (χ0n) is 10.4. The second kappa shape index (κ2) is 6.25. The molecule has 0 saturated heterocycles. The molecule has 2 aromatic rings. The lowest BCUT2D eigenvalue weighted by Crippen LogP contribution is -2.19. The molecule has 0 aliphatic carbocycles. The van der Waals surface area contributed by atoms with Gasteiger partial charge in [0.05, 0.1) is 3.57 Å². The van der Waals surface area contributed by atoms with E-state index >= 15 is 0 Å². The minimum Gasteiger partial charge on any atom is -0.389 e. The lowest BCUT2D eigenvalue weighted by Gasteiger charge is -2.19. The second-order valence-electron chi connectivity index (χ2n) is 4.11. The Morgan fingerprint density at radius 3 is 2.95 bits per heavy atom. The van der Waals surface area contributed by atoms with Gasteiger partial charge in [0.25, 0.3) is 0 Å². The molecule has 0 unspecified atom stereocenters. The largest absolute Gasteiger partial charge is 0.389 e. The first-order chi connectivity index (χ1) is 9.08. The number of hydrogen-bond acceptors (Lipinski definition) is 4. The van der Waals surface area contributed by atoms with Crippen molar-refractivity contribution in [2.75, 3.05) is 11.9 Å². The van der Waals surface area contributed by atoms with Crippen LogP contribution in [0.5, 0.6) is 0 Å². The summed E-state index contributed by atoms with van der Waals surface area (Å²) in [5.74, 6) is 0.913. The number of rotatable bonds is 4. The van der Waals surface area contributed by atoms with Gasteiger partial charge in [-0.2, -0.15) is 0 Å². The summed E-state index contributed by atoms with van der Waals surface area (Å²) in [5.41, 5.74) is 7.67. The summed E-state index contributed by atoms with van der Waals surface area (Å²) < 4.78 is 1.02. The van der Waals surface area contributed by atoms with E-state index in [2.05, 4.69) is 37.5 Å². The fourth-order valence-corrected chi connectivity index (χ4v) is 2.60. The normalized spacial score (nSPS) is 10.2. The van der Waals surface area contributed by atoms with E-state index in [0.29, 0.717) is 4.99 Å². The van der Waals surface area contributed by atoms with Crippen LogP contribution in [0.25, 0.3) is 0 Å². The van der Waals surface area contributed by atoms with Gasteiger partial charge in [-0.15, -0.1) is 0 Å². The number of nitrogens with two attached hydrogens (primary N) is 1. The lowest BCUT2D eigenvalue weighted by atomic mass is 10.1. The van der Waals surface area contributed by atoms with Crippen LogP contribution < -0.4 is 10.6 Å². The molecule has 0 fully saturated rings. The Hall–Kier alpha value is -1.28. The lowest BCUT2D eigenvalue weighted by molar-refractivity contribution is 0.885. The highest BCUT2D eigenvalue weighted by Gasteiger charge is 2.08. The highest BCUT2D eigenvalue weighted by Crippen LogP contribution is 2.19. The van der Waals surface area contributed by atoms with Crippen LogP contribution in [0.15, 0.2) is 36.8 Å². The molecule has 1 aromatic heterocycles. The van der Waals surface area contributed by atoms with Gasteiger partial charge in [-0.25, -0.2) is 9.97 Å². The maximum Gasteiger partial charge on any atom is 0.145 e. The van der Waals surface area contributed by atoms with Crippen molar-refractivity contribution in [1.29, 1.82) is 0 Å². The maximum absolute atomic E-state index is 5.64. The van der Waals surface area contributed by atoms with Crippen LogP contribution in [0.3, 0.4) is 0 Å². The van der Waals surface area contributed by atoms with Gasteiger partial charge in [-0.3, -0.25) is 0 Å². The van der Waals surface area contributed by atoms with Gasteiger partial charge >= 0.3 is 0 Å². The van der Waals surface area contributed by atoms with Crippen molar-refractivity contribution >= 4 is 45.6 Å². The Balaban J connectivity index is 2.19.